The molecule has 2 heterocycles. The van der Waals surface area contributed by atoms with Gasteiger partial charge in [-0.15, -0.1) is 0 Å². The number of halogens is 6. The van der Waals surface area contributed by atoms with Crippen molar-refractivity contribution >= 4 is 22.6 Å². The molecule has 0 aliphatic carbocycles. The number of piperidine rings is 2. The van der Waals surface area contributed by atoms with Crippen LogP contribution in [0, 0.1) is 10.8 Å². The van der Waals surface area contributed by atoms with Gasteiger partial charge in [-0.2, -0.15) is 26.3 Å². The number of alkyl halides is 6. The van der Waals surface area contributed by atoms with E-state index in [0.717, 1.165) is 59.5 Å². The van der Waals surface area contributed by atoms with E-state index in [1.165, 1.54) is 0 Å². The van der Waals surface area contributed by atoms with Gasteiger partial charge in [0.1, 0.15) is 17.2 Å². The summed E-state index contributed by atoms with van der Waals surface area (Å²) >= 11 is 0. The van der Waals surface area contributed by atoms with Crippen molar-refractivity contribution in [1.82, 2.24) is 15.1 Å². The largest absolute Gasteiger partial charge is 0.496 e. The Hall–Kier alpha value is -3.84. The molecule has 0 spiro atoms. The fourth-order valence-electron chi connectivity index (χ4n) is 7.13. The minimum atomic E-state index is -5.10. The van der Waals surface area contributed by atoms with E-state index >= 15 is 0 Å². The Morgan fingerprint density at radius 3 is 2.08 bits per heavy atom. The molecular weight excluding hydrogens is 664 g/mol. The number of fused-ring (bicyclic) bond motifs is 1. The Morgan fingerprint density at radius 2 is 1.48 bits per heavy atom. The van der Waals surface area contributed by atoms with Crippen molar-refractivity contribution < 1.29 is 45.8 Å². The number of carbonyl (C=O) groups is 2. The van der Waals surface area contributed by atoms with Crippen molar-refractivity contribution in [2.75, 3.05) is 39.8 Å². The minimum absolute atomic E-state index is 0.321. The SMILES string of the molecule is COc1ccc(CN2CCC(C)(C)CC2)cc1-c1cccc2c(C[C@H](NC(=O)C3(C(F)(F)F)CCN(CC(F)(F)F)CC3)C(=O)O)cccc12. The fourth-order valence-corrected chi connectivity index (χ4v) is 7.13. The highest BCUT2D eigenvalue weighted by Gasteiger charge is 2.61. The van der Waals surface area contributed by atoms with Crippen LogP contribution in [-0.2, 0) is 22.6 Å². The molecule has 13 heteroatoms. The van der Waals surface area contributed by atoms with Gasteiger partial charge in [-0.3, -0.25) is 14.6 Å². The molecule has 0 saturated carbocycles. The Bertz CT molecular complexity index is 1690. The highest BCUT2D eigenvalue weighted by atomic mass is 19.4. The summed E-state index contributed by atoms with van der Waals surface area (Å²) < 4.78 is 87.5. The van der Waals surface area contributed by atoms with E-state index < -0.39 is 68.2 Å². The number of amides is 1. The molecule has 0 radical (unpaired) electrons. The van der Waals surface area contributed by atoms with Gasteiger partial charge in [-0.05, 0) is 96.9 Å². The normalized spacial score (nSPS) is 19.2. The van der Waals surface area contributed by atoms with Crippen LogP contribution in [0.1, 0.15) is 50.7 Å². The van der Waals surface area contributed by atoms with Crippen LogP contribution in [0.15, 0.2) is 54.6 Å². The minimum Gasteiger partial charge on any atom is -0.496 e. The summed E-state index contributed by atoms with van der Waals surface area (Å²) in [6.07, 6.45) is -9.64. The average molecular weight is 708 g/mol. The van der Waals surface area contributed by atoms with Gasteiger partial charge in [-0.1, -0.05) is 56.3 Å². The number of methoxy groups -OCH3 is 1. The van der Waals surface area contributed by atoms with Gasteiger partial charge in [-0.25, -0.2) is 4.79 Å². The van der Waals surface area contributed by atoms with E-state index in [2.05, 4.69) is 30.1 Å². The van der Waals surface area contributed by atoms with E-state index in [9.17, 15) is 41.0 Å². The fraction of sp³-hybridized carbons (Fsp3) is 0.514. The van der Waals surface area contributed by atoms with E-state index in [1.807, 2.05) is 30.3 Å². The number of ether oxygens (including phenoxy) is 1. The topological polar surface area (TPSA) is 82.1 Å². The van der Waals surface area contributed by atoms with E-state index in [0.29, 0.717) is 22.1 Å². The smallest absolute Gasteiger partial charge is 0.403 e. The third-order valence-corrected chi connectivity index (χ3v) is 10.3. The zero-order chi connectivity index (χ0) is 36.5. The van der Waals surface area contributed by atoms with Gasteiger partial charge in [0.25, 0.3) is 0 Å². The number of carboxylic acids is 1. The predicted octanol–water partition coefficient (Wildman–Crippen LogP) is 7.46. The second kappa shape index (κ2) is 14.4. The van der Waals surface area contributed by atoms with Crippen molar-refractivity contribution in [3.8, 4) is 16.9 Å². The lowest BCUT2D eigenvalue weighted by Crippen LogP contribution is -2.59. The highest BCUT2D eigenvalue weighted by Crippen LogP contribution is 2.47. The molecule has 0 aromatic heterocycles. The third kappa shape index (κ3) is 8.37. The molecular formula is C37H43F6N3O4. The molecule has 272 valence electrons. The number of hydrogen-bond donors (Lipinski definition) is 2. The molecule has 2 fully saturated rings. The van der Waals surface area contributed by atoms with Gasteiger partial charge >= 0.3 is 18.3 Å². The summed E-state index contributed by atoms with van der Waals surface area (Å²) in [5.74, 6) is -2.45. The molecule has 50 heavy (non-hydrogen) atoms. The summed E-state index contributed by atoms with van der Waals surface area (Å²) in [6.45, 7) is 4.70. The predicted molar refractivity (Wildman–Crippen MR) is 178 cm³/mol. The summed E-state index contributed by atoms with van der Waals surface area (Å²) in [7, 11) is 1.58. The zero-order valence-corrected chi connectivity index (χ0v) is 28.4. The number of aliphatic carboxylic acids is 1. The van der Waals surface area contributed by atoms with Gasteiger partial charge < -0.3 is 15.2 Å². The van der Waals surface area contributed by atoms with Gasteiger partial charge in [0, 0.05) is 18.5 Å². The molecule has 5 rings (SSSR count). The Morgan fingerprint density at radius 1 is 0.860 bits per heavy atom. The summed E-state index contributed by atoms with van der Waals surface area (Å²) in [6, 6.07) is 15.1. The van der Waals surface area contributed by atoms with Crippen molar-refractivity contribution in [2.24, 2.45) is 10.8 Å². The summed E-state index contributed by atoms with van der Waals surface area (Å²) in [5.41, 5.74) is 0.551. The Kier molecular flexibility index (Phi) is 10.8. The van der Waals surface area contributed by atoms with Crippen LogP contribution in [-0.4, -0.2) is 85.0 Å². The number of nitrogens with zero attached hydrogens (tertiary/aromatic N) is 2. The summed E-state index contributed by atoms with van der Waals surface area (Å²) in [5, 5.41) is 13.6. The standard InChI is InChI=1S/C37H43F6N3O4/c1-34(2)12-16-45(17-13-34)22-24-10-11-31(50-3)29(20-24)28-9-5-7-26-25(6-4-8-27(26)28)21-30(32(47)48)44-33(49)35(37(41,42)43)14-18-46(19-15-35)23-36(38,39)40/h4-11,20,30H,12-19,21-23H2,1-3H3,(H,44,49)(H,47,48)/t30-/m0/s1. The average Bonchev–Trinajstić information content (AvgIpc) is 3.04. The van der Waals surface area contributed by atoms with Crippen molar-refractivity contribution in [1.29, 1.82) is 0 Å². The number of hydrogen-bond acceptors (Lipinski definition) is 5. The number of rotatable bonds is 10. The lowest BCUT2D eigenvalue weighted by molar-refractivity contribution is -0.236. The van der Waals surface area contributed by atoms with E-state index in [-0.39, 0.29) is 6.42 Å². The van der Waals surface area contributed by atoms with E-state index in [1.54, 1.807) is 25.3 Å². The van der Waals surface area contributed by atoms with Crippen LogP contribution in [0.2, 0.25) is 0 Å². The molecule has 2 N–H and O–H groups in total. The number of likely N-dealkylation sites (tertiary alicyclic amines) is 2. The maximum atomic E-state index is 14.4. The van der Waals surface area contributed by atoms with Gasteiger partial charge in [0.05, 0.1) is 13.7 Å². The van der Waals surface area contributed by atoms with Crippen LogP contribution >= 0.6 is 0 Å². The molecule has 1 atom stereocenters. The van der Waals surface area contributed by atoms with Gasteiger partial charge in [0.2, 0.25) is 5.91 Å². The molecule has 0 bridgehead atoms. The maximum Gasteiger partial charge on any atom is 0.403 e. The molecule has 3 aromatic carbocycles. The second-order valence-corrected chi connectivity index (χ2v) is 14.3. The van der Waals surface area contributed by atoms with Gasteiger partial charge in [0.15, 0.2) is 0 Å². The Balaban J connectivity index is 1.40. The number of carbonyl (C=O) groups excluding carboxylic acids is 1. The quantitative estimate of drug-likeness (QED) is 0.213. The first-order valence-electron chi connectivity index (χ1n) is 16.7. The van der Waals surface area contributed by atoms with Crippen LogP contribution in [0.25, 0.3) is 21.9 Å². The first-order chi connectivity index (χ1) is 23.4. The van der Waals surface area contributed by atoms with Crippen LogP contribution in [0.5, 0.6) is 5.75 Å². The molecule has 7 nitrogen and oxygen atoms in total. The lowest BCUT2D eigenvalue weighted by atomic mass is 9.76. The molecule has 2 aliphatic rings. The number of benzene rings is 3. The van der Waals surface area contributed by atoms with Crippen molar-refractivity contribution in [2.45, 2.75) is 70.9 Å². The highest BCUT2D eigenvalue weighted by molar-refractivity contribution is 6.00. The van der Waals surface area contributed by atoms with Crippen molar-refractivity contribution in [3.05, 3.63) is 65.7 Å². The third-order valence-electron chi connectivity index (χ3n) is 10.3. The first-order valence-corrected chi connectivity index (χ1v) is 16.7. The van der Waals surface area contributed by atoms with E-state index in [4.69, 9.17) is 4.74 Å². The lowest BCUT2D eigenvalue weighted by Gasteiger charge is -2.42. The van der Waals surface area contributed by atoms with Crippen LogP contribution < -0.4 is 10.1 Å². The second-order valence-electron chi connectivity index (χ2n) is 14.3. The molecule has 3 aromatic rings. The zero-order valence-electron chi connectivity index (χ0n) is 28.4. The number of carboxylic acid groups (broad SMARTS) is 1. The molecule has 2 saturated heterocycles. The van der Waals surface area contributed by atoms with Crippen LogP contribution in [0.3, 0.4) is 0 Å². The number of nitrogens with one attached hydrogen (secondary N) is 1. The Labute approximate surface area is 287 Å². The first kappa shape index (κ1) is 37.4. The summed E-state index contributed by atoms with van der Waals surface area (Å²) in [4.78, 5) is 28.9. The maximum absolute atomic E-state index is 14.4. The molecule has 0 unspecified atom stereocenters. The van der Waals surface area contributed by atoms with Crippen LogP contribution in [0.4, 0.5) is 26.3 Å². The van der Waals surface area contributed by atoms with Crippen molar-refractivity contribution in [3.63, 3.8) is 0 Å². The monoisotopic (exact) mass is 707 g/mol. The molecule has 1 amide bonds. The molecule has 2 aliphatic heterocycles.